The summed E-state index contributed by atoms with van der Waals surface area (Å²) in [4.78, 5) is 11.7. The van der Waals surface area contributed by atoms with E-state index >= 15 is 0 Å². The SMILES string of the molecule is NCCCCCO.NCCCc1ccccc1.NCCc1ccccc1.NCc1ccc2c(c1)OCC2.O=CN1CCCC1. The first-order valence-electron chi connectivity index (χ1n) is 16.0. The van der Waals surface area contributed by atoms with Crippen LogP contribution in [-0.4, -0.2) is 62.4 Å². The molecule has 8 nitrogen and oxygen atoms in total. The topological polar surface area (TPSA) is 154 Å². The number of amides is 1. The van der Waals surface area contributed by atoms with Crippen molar-refractivity contribution in [2.45, 2.75) is 64.3 Å². The van der Waals surface area contributed by atoms with Gasteiger partial charge in [0.25, 0.3) is 0 Å². The third-order valence-corrected chi connectivity index (χ3v) is 6.94. The maximum atomic E-state index is 9.93. The van der Waals surface area contributed by atoms with E-state index in [1.54, 1.807) is 4.90 Å². The lowest BCUT2D eigenvalue weighted by Gasteiger charge is -2.03. The minimum absolute atomic E-state index is 0.306. The number of carbonyl (C=O) groups excluding carboxylic acids is 1. The van der Waals surface area contributed by atoms with E-state index in [0.29, 0.717) is 13.2 Å². The van der Waals surface area contributed by atoms with Crippen LogP contribution in [-0.2, 0) is 30.6 Å². The van der Waals surface area contributed by atoms with Crippen LogP contribution in [0.2, 0.25) is 0 Å². The summed E-state index contributed by atoms with van der Waals surface area (Å²) in [6, 6.07) is 26.9. The van der Waals surface area contributed by atoms with Crippen LogP contribution in [0.1, 0.15) is 60.8 Å². The number of carbonyl (C=O) groups is 1. The summed E-state index contributed by atoms with van der Waals surface area (Å²) < 4.78 is 5.39. The number of aryl methyl sites for hydroxylation is 1. The van der Waals surface area contributed by atoms with Crippen molar-refractivity contribution < 1.29 is 14.6 Å². The highest BCUT2D eigenvalue weighted by Crippen LogP contribution is 2.25. The number of likely N-dealkylation sites (tertiary alicyclic amines) is 1. The first-order chi connectivity index (χ1) is 21.6. The fourth-order valence-corrected chi connectivity index (χ4v) is 4.38. The maximum Gasteiger partial charge on any atom is 0.209 e. The van der Waals surface area contributed by atoms with Gasteiger partial charge < -0.3 is 37.7 Å². The maximum absolute atomic E-state index is 9.93. The molecule has 0 radical (unpaired) electrons. The minimum Gasteiger partial charge on any atom is -0.493 e. The van der Waals surface area contributed by atoms with E-state index in [2.05, 4.69) is 48.5 Å². The molecule has 5 rings (SSSR count). The van der Waals surface area contributed by atoms with Gasteiger partial charge in [-0.3, -0.25) is 4.79 Å². The molecule has 2 heterocycles. The van der Waals surface area contributed by atoms with Crippen LogP contribution in [0.5, 0.6) is 5.75 Å². The molecule has 1 fully saturated rings. The zero-order valence-electron chi connectivity index (χ0n) is 26.6. The molecule has 8 heteroatoms. The van der Waals surface area contributed by atoms with Crippen LogP contribution < -0.4 is 27.7 Å². The summed E-state index contributed by atoms with van der Waals surface area (Å²) in [6.45, 7) is 5.95. The molecule has 9 N–H and O–H groups in total. The Morgan fingerprint density at radius 2 is 1.32 bits per heavy atom. The highest BCUT2D eigenvalue weighted by atomic mass is 16.5. The Morgan fingerprint density at radius 3 is 1.82 bits per heavy atom. The third-order valence-electron chi connectivity index (χ3n) is 6.94. The molecule has 2 aliphatic heterocycles. The van der Waals surface area contributed by atoms with Crippen LogP contribution in [0, 0.1) is 0 Å². The summed E-state index contributed by atoms with van der Waals surface area (Å²) in [5.74, 6) is 1.02. The Bertz CT molecular complexity index is 1060. The Labute approximate surface area is 265 Å². The largest absolute Gasteiger partial charge is 0.493 e. The highest BCUT2D eigenvalue weighted by molar-refractivity contribution is 5.47. The Hall–Kier alpha value is -3.27. The zero-order chi connectivity index (χ0) is 32.1. The monoisotopic (exact) mass is 607 g/mol. The molecule has 0 spiro atoms. The quantitative estimate of drug-likeness (QED) is 0.162. The number of nitrogens with zero attached hydrogens (tertiary/aromatic N) is 1. The second-order valence-electron chi connectivity index (χ2n) is 10.6. The smallest absolute Gasteiger partial charge is 0.209 e. The summed E-state index contributed by atoms with van der Waals surface area (Å²) in [6.07, 6.45) is 10.5. The number of rotatable bonds is 11. The van der Waals surface area contributed by atoms with Crippen LogP contribution in [0.25, 0.3) is 0 Å². The van der Waals surface area contributed by atoms with Crippen LogP contribution in [0.15, 0.2) is 78.9 Å². The average molecular weight is 608 g/mol. The molecule has 44 heavy (non-hydrogen) atoms. The number of hydrogen-bond donors (Lipinski definition) is 5. The molecule has 0 bridgehead atoms. The molecule has 3 aromatic carbocycles. The molecule has 0 atom stereocenters. The Kier molecular flexibility index (Phi) is 24.0. The van der Waals surface area contributed by atoms with E-state index in [4.69, 9.17) is 32.8 Å². The number of nitrogens with two attached hydrogens (primary N) is 4. The summed E-state index contributed by atoms with van der Waals surface area (Å²) >= 11 is 0. The van der Waals surface area contributed by atoms with Gasteiger partial charge in [0.05, 0.1) is 6.61 Å². The van der Waals surface area contributed by atoms with Crippen molar-refractivity contribution in [2.24, 2.45) is 22.9 Å². The average Bonchev–Trinajstić information content (AvgIpc) is 3.79. The van der Waals surface area contributed by atoms with Crippen molar-refractivity contribution in [2.75, 3.05) is 45.9 Å². The summed E-state index contributed by atoms with van der Waals surface area (Å²) in [5.41, 5.74) is 26.6. The van der Waals surface area contributed by atoms with Gasteiger partial charge >= 0.3 is 0 Å². The number of ether oxygens (including phenoxy) is 1. The first kappa shape index (κ1) is 38.8. The molecule has 1 amide bonds. The molecule has 0 aliphatic carbocycles. The number of aliphatic hydroxyl groups is 1. The zero-order valence-corrected chi connectivity index (χ0v) is 26.6. The molecule has 1 saturated heterocycles. The molecular formula is C36H57N5O3. The van der Waals surface area contributed by atoms with Gasteiger partial charge in [-0.05, 0) is 99.3 Å². The molecule has 244 valence electrons. The van der Waals surface area contributed by atoms with Crippen molar-refractivity contribution in [3.63, 3.8) is 0 Å². The lowest BCUT2D eigenvalue weighted by Crippen LogP contribution is -2.15. The third kappa shape index (κ3) is 19.1. The van der Waals surface area contributed by atoms with Gasteiger partial charge in [-0.1, -0.05) is 72.8 Å². The second kappa shape index (κ2) is 27.3. The van der Waals surface area contributed by atoms with E-state index in [-0.39, 0.29) is 0 Å². The van der Waals surface area contributed by atoms with Crippen LogP contribution >= 0.6 is 0 Å². The lowest BCUT2D eigenvalue weighted by molar-refractivity contribution is -0.117. The molecular weight excluding hydrogens is 550 g/mol. The number of hydrogen-bond acceptors (Lipinski definition) is 7. The lowest BCUT2D eigenvalue weighted by atomic mass is 10.1. The number of unbranched alkanes of at least 4 members (excludes halogenated alkanes) is 2. The predicted molar refractivity (Wildman–Crippen MR) is 183 cm³/mol. The van der Waals surface area contributed by atoms with Gasteiger partial charge in [-0.2, -0.15) is 0 Å². The van der Waals surface area contributed by atoms with Gasteiger partial charge in [0, 0.05) is 32.7 Å². The van der Waals surface area contributed by atoms with Crippen LogP contribution in [0.4, 0.5) is 0 Å². The molecule has 0 unspecified atom stereocenters. The fraction of sp³-hybridized carbons (Fsp3) is 0.472. The van der Waals surface area contributed by atoms with Gasteiger partial charge in [-0.25, -0.2) is 0 Å². The Balaban J connectivity index is 0.000000279. The van der Waals surface area contributed by atoms with Gasteiger partial charge in [0.15, 0.2) is 0 Å². The number of benzene rings is 3. The van der Waals surface area contributed by atoms with Crippen molar-refractivity contribution in [1.82, 2.24) is 4.90 Å². The van der Waals surface area contributed by atoms with Crippen LogP contribution in [0.3, 0.4) is 0 Å². The molecule has 3 aromatic rings. The van der Waals surface area contributed by atoms with Crippen molar-refractivity contribution >= 4 is 6.41 Å². The normalized spacial score (nSPS) is 12.4. The molecule has 0 saturated carbocycles. The Morgan fingerprint density at radius 1 is 0.705 bits per heavy atom. The van der Waals surface area contributed by atoms with E-state index in [1.165, 1.54) is 29.5 Å². The molecule has 0 aromatic heterocycles. The van der Waals surface area contributed by atoms with E-state index in [9.17, 15) is 4.79 Å². The number of fused-ring (bicyclic) bond motifs is 1. The first-order valence-corrected chi connectivity index (χ1v) is 16.0. The predicted octanol–water partition coefficient (Wildman–Crippen LogP) is 4.19. The van der Waals surface area contributed by atoms with Gasteiger partial charge in [0.1, 0.15) is 5.75 Å². The summed E-state index contributed by atoms with van der Waals surface area (Å²) in [5, 5.41) is 8.25. The van der Waals surface area contributed by atoms with Gasteiger partial charge in [0.2, 0.25) is 6.41 Å². The van der Waals surface area contributed by atoms with Crippen molar-refractivity contribution in [3.8, 4) is 5.75 Å². The van der Waals surface area contributed by atoms with E-state index in [0.717, 1.165) is 102 Å². The van der Waals surface area contributed by atoms with Crippen molar-refractivity contribution in [3.05, 3.63) is 101 Å². The highest BCUT2D eigenvalue weighted by Gasteiger charge is 2.11. The second-order valence-corrected chi connectivity index (χ2v) is 10.6. The van der Waals surface area contributed by atoms with E-state index < -0.39 is 0 Å². The summed E-state index contributed by atoms with van der Waals surface area (Å²) in [7, 11) is 0. The molecule has 2 aliphatic rings. The fourth-order valence-electron chi connectivity index (χ4n) is 4.38. The van der Waals surface area contributed by atoms with Gasteiger partial charge in [-0.15, -0.1) is 0 Å². The minimum atomic E-state index is 0.306. The standard InChI is InChI=1S/C9H11NO.C9H13N.C8H11N.C5H9NO.C5H13NO/c10-6-7-1-2-8-3-4-11-9(8)5-7;10-8-4-7-9-5-2-1-3-6-9;9-7-6-8-4-2-1-3-5-8;7-5-6-3-1-2-4-6;6-4-2-1-3-5-7/h1-2,5H,3-4,6,10H2;1-3,5-6H,4,7-8,10H2;1-5H,6-7,9H2;5H,1-4H2;7H,1-6H2. The van der Waals surface area contributed by atoms with E-state index in [1.807, 2.05) is 30.3 Å². The number of aliphatic hydroxyl groups excluding tert-OH is 1. The van der Waals surface area contributed by atoms with Crippen molar-refractivity contribution in [1.29, 1.82) is 0 Å².